The Morgan fingerprint density at radius 3 is 2.07 bits per heavy atom. The van der Waals surface area contributed by atoms with Crippen LogP contribution in [0.15, 0.2) is 60.7 Å². The fourth-order valence-corrected chi connectivity index (χ4v) is 4.27. The van der Waals surface area contributed by atoms with E-state index in [2.05, 4.69) is 54.3 Å². The lowest BCUT2D eigenvalue weighted by Gasteiger charge is -2.41. The predicted octanol–water partition coefficient (Wildman–Crippen LogP) is 5.13. The minimum absolute atomic E-state index is 0. The van der Waals surface area contributed by atoms with E-state index in [1.807, 2.05) is 25.1 Å². The van der Waals surface area contributed by atoms with E-state index in [4.69, 9.17) is 4.74 Å². The molecule has 1 atom stereocenters. The molecule has 0 aliphatic carbocycles. The summed E-state index contributed by atoms with van der Waals surface area (Å²) in [6.45, 7) is 7.49. The zero-order valence-electron chi connectivity index (χ0n) is 17.0. The van der Waals surface area contributed by atoms with Gasteiger partial charge in [-0.3, -0.25) is 9.69 Å². The van der Waals surface area contributed by atoms with Crippen LogP contribution in [-0.2, 0) is 22.5 Å². The molecule has 152 valence electrons. The first-order chi connectivity index (χ1) is 13.1. The van der Waals surface area contributed by atoms with E-state index in [0.29, 0.717) is 12.5 Å². The summed E-state index contributed by atoms with van der Waals surface area (Å²) in [6, 6.07) is 21.0. The van der Waals surface area contributed by atoms with Crippen LogP contribution >= 0.6 is 12.4 Å². The van der Waals surface area contributed by atoms with Gasteiger partial charge in [-0.25, -0.2) is 0 Å². The van der Waals surface area contributed by atoms with E-state index in [9.17, 15) is 4.79 Å². The number of carbonyl (C=O) groups excluding carboxylic acids is 1. The summed E-state index contributed by atoms with van der Waals surface area (Å²) >= 11 is 0. The molecule has 0 saturated carbocycles. The first kappa shape index (κ1) is 22.4. The van der Waals surface area contributed by atoms with Gasteiger partial charge < -0.3 is 4.74 Å². The summed E-state index contributed by atoms with van der Waals surface area (Å²) in [6.07, 6.45) is 2.82. The number of nitrogens with zero attached hydrogens (tertiary/aromatic N) is 1. The number of rotatable bonds is 7. The smallest absolute Gasteiger partial charge is 0.312 e. The van der Waals surface area contributed by atoms with Crippen LogP contribution in [0.3, 0.4) is 0 Å². The quantitative estimate of drug-likeness (QED) is 0.602. The molecule has 4 heteroatoms. The maximum absolute atomic E-state index is 12.9. The van der Waals surface area contributed by atoms with E-state index in [1.165, 1.54) is 11.1 Å². The molecule has 2 aromatic carbocycles. The van der Waals surface area contributed by atoms with Gasteiger partial charge in [-0.05, 0) is 63.2 Å². The van der Waals surface area contributed by atoms with E-state index in [1.54, 1.807) is 0 Å². The normalized spacial score (nSPS) is 17.4. The molecular weight excluding hydrogens is 370 g/mol. The number of halogens is 1. The molecule has 0 aromatic heterocycles. The summed E-state index contributed by atoms with van der Waals surface area (Å²) in [7, 11) is 0. The molecule has 28 heavy (non-hydrogen) atoms. The molecular formula is C24H32ClNO2. The van der Waals surface area contributed by atoms with Crippen molar-refractivity contribution in [2.24, 2.45) is 11.3 Å². The minimum Gasteiger partial charge on any atom is -0.466 e. The van der Waals surface area contributed by atoms with E-state index < -0.39 is 5.41 Å². The molecule has 1 heterocycles. The summed E-state index contributed by atoms with van der Waals surface area (Å²) in [5, 5.41) is 0. The number of benzene rings is 2. The second-order valence-electron chi connectivity index (χ2n) is 7.84. The van der Waals surface area contributed by atoms with E-state index in [0.717, 1.165) is 38.9 Å². The maximum Gasteiger partial charge on any atom is 0.312 e. The molecule has 1 aliphatic rings. The summed E-state index contributed by atoms with van der Waals surface area (Å²) < 4.78 is 5.50. The van der Waals surface area contributed by atoms with Crippen LogP contribution in [0.1, 0.15) is 37.8 Å². The molecule has 3 nitrogen and oxygen atoms in total. The Bertz CT molecular complexity index is 714. The van der Waals surface area contributed by atoms with Crippen molar-refractivity contribution < 1.29 is 9.53 Å². The SMILES string of the molecule is CCOC(=O)C(C)(Cc1ccccc1)C1CCN(Cc2ccccc2)CC1.Cl. The summed E-state index contributed by atoms with van der Waals surface area (Å²) in [5.41, 5.74) is 2.10. The van der Waals surface area contributed by atoms with Crippen LogP contribution < -0.4 is 0 Å². The average Bonchev–Trinajstić information content (AvgIpc) is 2.70. The van der Waals surface area contributed by atoms with Crippen molar-refractivity contribution in [1.29, 1.82) is 0 Å². The van der Waals surface area contributed by atoms with Crippen molar-refractivity contribution >= 4 is 18.4 Å². The van der Waals surface area contributed by atoms with E-state index >= 15 is 0 Å². The minimum atomic E-state index is -0.462. The Labute approximate surface area is 175 Å². The molecule has 0 amide bonds. The number of hydrogen-bond acceptors (Lipinski definition) is 3. The Hall–Kier alpha value is -1.84. The third-order valence-corrected chi connectivity index (χ3v) is 5.89. The Kier molecular flexibility index (Phi) is 8.53. The molecule has 1 fully saturated rings. The molecule has 0 radical (unpaired) electrons. The second-order valence-corrected chi connectivity index (χ2v) is 7.84. The van der Waals surface area contributed by atoms with Gasteiger partial charge >= 0.3 is 5.97 Å². The van der Waals surface area contributed by atoms with Gasteiger partial charge in [-0.2, -0.15) is 0 Å². The largest absolute Gasteiger partial charge is 0.466 e. The van der Waals surface area contributed by atoms with Gasteiger partial charge in [0.15, 0.2) is 0 Å². The number of esters is 1. The predicted molar refractivity (Wildman–Crippen MR) is 117 cm³/mol. The zero-order chi connectivity index (χ0) is 19.1. The van der Waals surface area contributed by atoms with Crippen molar-refractivity contribution in [2.45, 2.75) is 39.7 Å². The van der Waals surface area contributed by atoms with Crippen molar-refractivity contribution in [3.8, 4) is 0 Å². The Balaban J connectivity index is 0.00000280. The lowest BCUT2D eigenvalue weighted by Crippen LogP contribution is -2.45. The number of hydrogen-bond donors (Lipinski definition) is 0. The zero-order valence-corrected chi connectivity index (χ0v) is 17.8. The second kappa shape index (κ2) is 10.6. The highest BCUT2D eigenvalue weighted by molar-refractivity contribution is 5.85. The molecule has 3 rings (SSSR count). The summed E-state index contributed by atoms with van der Waals surface area (Å²) in [5.74, 6) is 0.305. The van der Waals surface area contributed by atoms with Gasteiger partial charge in [-0.15, -0.1) is 12.4 Å². The third-order valence-electron chi connectivity index (χ3n) is 5.89. The van der Waals surface area contributed by atoms with Gasteiger partial charge in [0.05, 0.1) is 12.0 Å². The van der Waals surface area contributed by atoms with Crippen LogP contribution in [0.4, 0.5) is 0 Å². The van der Waals surface area contributed by atoms with E-state index in [-0.39, 0.29) is 18.4 Å². The van der Waals surface area contributed by atoms with Crippen molar-refractivity contribution in [1.82, 2.24) is 4.90 Å². The molecule has 1 unspecified atom stereocenters. The first-order valence-corrected chi connectivity index (χ1v) is 10.1. The van der Waals surface area contributed by atoms with Gasteiger partial charge in [0.1, 0.15) is 0 Å². The van der Waals surface area contributed by atoms with Gasteiger partial charge in [0, 0.05) is 6.54 Å². The molecule has 1 aliphatic heterocycles. The number of piperidine rings is 1. The van der Waals surface area contributed by atoms with Gasteiger partial charge in [-0.1, -0.05) is 60.7 Å². The number of carbonyl (C=O) groups is 1. The van der Waals surface area contributed by atoms with Gasteiger partial charge in [0.2, 0.25) is 0 Å². The third kappa shape index (κ3) is 5.59. The molecule has 0 spiro atoms. The fourth-order valence-electron chi connectivity index (χ4n) is 4.27. The lowest BCUT2D eigenvalue weighted by atomic mass is 9.68. The monoisotopic (exact) mass is 401 g/mol. The summed E-state index contributed by atoms with van der Waals surface area (Å²) in [4.78, 5) is 15.4. The first-order valence-electron chi connectivity index (χ1n) is 10.1. The van der Waals surface area contributed by atoms with Crippen molar-refractivity contribution in [3.05, 3.63) is 71.8 Å². The molecule has 0 N–H and O–H groups in total. The highest BCUT2D eigenvalue weighted by Gasteiger charge is 2.43. The molecule has 1 saturated heterocycles. The molecule has 0 bridgehead atoms. The Morgan fingerprint density at radius 2 is 1.54 bits per heavy atom. The van der Waals surface area contributed by atoms with Crippen LogP contribution in [0.5, 0.6) is 0 Å². The maximum atomic E-state index is 12.9. The number of likely N-dealkylation sites (tertiary alicyclic amines) is 1. The average molecular weight is 402 g/mol. The van der Waals surface area contributed by atoms with Crippen LogP contribution in [0.25, 0.3) is 0 Å². The Morgan fingerprint density at radius 1 is 1.00 bits per heavy atom. The number of ether oxygens (including phenoxy) is 1. The topological polar surface area (TPSA) is 29.5 Å². The highest BCUT2D eigenvalue weighted by atomic mass is 35.5. The van der Waals surface area contributed by atoms with Crippen LogP contribution in [0, 0.1) is 11.3 Å². The lowest BCUT2D eigenvalue weighted by molar-refractivity contribution is -0.159. The van der Waals surface area contributed by atoms with Crippen LogP contribution in [-0.4, -0.2) is 30.6 Å². The van der Waals surface area contributed by atoms with Crippen molar-refractivity contribution in [2.75, 3.05) is 19.7 Å². The molecule has 2 aromatic rings. The van der Waals surface area contributed by atoms with Gasteiger partial charge in [0.25, 0.3) is 0 Å². The van der Waals surface area contributed by atoms with Crippen molar-refractivity contribution in [3.63, 3.8) is 0 Å². The highest BCUT2D eigenvalue weighted by Crippen LogP contribution is 2.39. The fraction of sp³-hybridized carbons (Fsp3) is 0.458. The van der Waals surface area contributed by atoms with Crippen LogP contribution in [0.2, 0.25) is 0 Å². The standard InChI is InChI=1S/C24H31NO2.ClH/c1-3-27-23(26)24(2,18-20-10-6-4-7-11-20)22-14-16-25(17-15-22)19-21-12-8-5-9-13-21;/h4-13,22H,3,14-19H2,1-2H3;1H.